The Hall–Kier alpha value is -0.820. The van der Waals surface area contributed by atoms with Gasteiger partial charge in [-0.3, -0.25) is 0 Å². The van der Waals surface area contributed by atoms with Gasteiger partial charge in [0, 0.05) is 4.88 Å². The molecule has 0 nitrogen and oxygen atoms in total. The van der Waals surface area contributed by atoms with Gasteiger partial charge in [-0.1, -0.05) is 33.1 Å². The highest BCUT2D eigenvalue weighted by Gasteiger charge is 2.07. The first-order chi connectivity index (χ1) is 5.66. The summed E-state index contributed by atoms with van der Waals surface area (Å²) in [4.78, 5) is 1.23. The summed E-state index contributed by atoms with van der Waals surface area (Å²) in [6.45, 7) is 12.2. The summed E-state index contributed by atoms with van der Waals surface area (Å²) < 4.78 is 0. The first-order valence-corrected chi connectivity index (χ1v) is 4.94. The van der Waals surface area contributed by atoms with E-state index < -0.39 is 0 Å². The van der Waals surface area contributed by atoms with E-state index >= 15 is 0 Å². The second-order valence-electron chi connectivity index (χ2n) is 3.08. The molecule has 12 heavy (non-hydrogen) atoms. The standard InChI is InChI=1S/C11H14S/c1-5-11-10(6-7-12-11)9(4)8(2)3/h5-8H,1,4H2,2-3H3. The molecule has 0 spiro atoms. The molecule has 1 heterocycles. The average Bonchev–Trinajstić information content (AvgIpc) is 2.49. The Labute approximate surface area is 78.2 Å². The maximum absolute atomic E-state index is 4.06. The fraction of sp³-hybridized carbons (Fsp3) is 0.273. The summed E-state index contributed by atoms with van der Waals surface area (Å²) in [6.07, 6.45) is 1.90. The van der Waals surface area contributed by atoms with E-state index in [1.165, 1.54) is 16.0 Å². The normalized spacial score (nSPS) is 10.2. The van der Waals surface area contributed by atoms with Crippen LogP contribution in [-0.4, -0.2) is 0 Å². The summed E-state index contributed by atoms with van der Waals surface area (Å²) >= 11 is 1.72. The van der Waals surface area contributed by atoms with E-state index in [1.807, 2.05) is 6.08 Å². The van der Waals surface area contributed by atoms with Gasteiger partial charge in [-0.15, -0.1) is 11.3 Å². The van der Waals surface area contributed by atoms with Crippen molar-refractivity contribution in [2.45, 2.75) is 13.8 Å². The third-order valence-electron chi connectivity index (χ3n) is 1.92. The highest BCUT2D eigenvalue weighted by molar-refractivity contribution is 7.11. The van der Waals surface area contributed by atoms with Crippen LogP contribution < -0.4 is 0 Å². The molecule has 0 unspecified atom stereocenters. The van der Waals surface area contributed by atoms with E-state index in [4.69, 9.17) is 0 Å². The van der Waals surface area contributed by atoms with E-state index in [0.717, 1.165) is 0 Å². The summed E-state index contributed by atoms with van der Waals surface area (Å²) in [5.41, 5.74) is 2.45. The maximum atomic E-state index is 4.06. The molecule has 1 aromatic heterocycles. The van der Waals surface area contributed by atoms with Gasteiger partial charge in [-0.2, -0.15) is 0 Å². The highest BCUT2D eigenvalue weighted by atomic mass is 32.1. The van der Waals surface area contributed by atoms with Crippen molar-refractivity contribution in [1.82, 2.24) is 0 Å². The largest absolute Gasteiger partial charge is 0.144 e. The van der Waals surface area contributed by atoms with Crippen LogP contribution in [-0.2, 0) is 0 Å². The zero-order valence-electron chi connectivity index (χ0n) is 7.63. The molecular formula is C11H14S. The monoisotopic (exact) mass is 178 g/mol. The van der Waals surface area contributed by atoms with Crippen molar-refractivity contribution in [3.05, 3.63) is 35.0 Å². The molecule has 0 saturated heterocycles. The summed E-state index contributed by atoms with van der Waals surface area (Å²) in [5.74, 6) is 0.512. The molecule has 0 atom stereocenters. The lowest BCUT2D eigenvalue weighted by atomic mass is 9.98. The van der Waals surface area contributed by atoms with Crippen molar-refractivity contribution in [3.8, 4) is 0 Å². The minimum atomic E-state index is 0.512. The van der Waals surface area contributed by atoms with Gasteiger partial charge in [-0.05, 0) is 28.5 Å². The molecule has 0 saturated carbocycles. The van der Waals surface area contributed by atoms with Gasteiger partial charge in [0.25, 0.3) is 0 Å². The second-order valence-corrected chi connectivity index (χ2v) is 4.03. The van der Waals surface area contributed by atoms with Crippen LogP contribution in [0, 0.1) is 5.92 Å². The van der Waals surface area contributed by atoms with Crippen molar-refractivity contribution in [1.29, 1.82) is 0 Å². The minimum Gasteiger partial charge on any atom is -0.144 e. The van der Waals surface area contributed by atoms with Crippen LogP contribution in [0.25, 0.3) is 11.6 Å². The van der Waals surface area contributed by atoms with Crippen molar-refractivity contribution < 1.29 is 0 Å². The molecule has 0 radical (unpaired) electrons. The number of allylic oxidation sites excluding steroid dienone is 1. The van der Waals surface area contributed by atoms with E-state index in [1.54, 1.807) is 11.3 Å². The van der Waals surface area contributed by atoms with Gasteiger partial charge < -0.3 is 0 Å². The summed E-state index contributed by atoms with van der Waals surface area (Å²) in [6, 6.07) is 2.12. The van der Waals surface area contributed by atoms with E-state index in [9.17, 15) is 0 Å². The van der Waals surface area contributed by atoms with Crippen molar-refractivity contribution in [2.24, 2.45) is 5.92 Å². The molecule has 0 N–H and O–H groups in total. The number of hydrogen-bond acceptors (Lipinski definition) is 1. The molecule has 1 aromatic rings. The van der Waals surface area contributed by atoms with Gasteiger partial charge in [0.15, 0.2) is 0 Å². The molecule has 0 fully saturated rings. The van der Waals surface area contributed by atoms with Crippen LogP contribution in [0.3, 0.4) is 0 Å². The summed E-state index contributed by atoms with van der Waals surface area (Å²) in [7, 11) is 0. The van der Waals surface area contributed by atoms with E-state index in [-0.39, 0.29) is 0 Å². The number of rotatable bonds is 3. The molecular weight excluding hydrogens is 164 g/mol. The Kier molecular flexibility index (Phi) is 2.88. The first-order valence-electron chi connectivity index (χ1n) is 4.06. The zero-order valence-corrected chi connectivity index (χ0v) is 8.45. The third kappa shape index (κ3) is 1.67. The van der Waals surface area contributed by atoms with Gasteiger partial charge >= 0.3 is 0 Å². The molecule has 1 heteroatoms. The van der Waals surface area contributed by atoms with E-state index in [0.29, 0.717) is 5.92 Å². The lowest BCUT2D eigenvalue weighted by molar-refractivity contribution is 0.858. The summed E-state index contributed by atoms with van der Waals surface area (Å²) in [5, 5.41) is 2.08. The third-order valence-corrected chi connectivity index (χ3v) is 2.84. The van der Waals surface area contributed by atoms with Crippen LogP contribution in [0.15, 0.2) is 24.6 Å². The van der Waals surface area contributed by atoms with Crippen LogP contribution in [0.1, 0.15) is 24.3 Å². The van der Waals surface area contributed by atoms with Crippen molar-refractivity contribution >= 4 is 23.0 Å². The molecule has 64 valence electrons. The van der Waals surface area contributed by atoms with Gasteiger partial charge in [0.2, 0.25) is 0 Å². The Bertz CT molecular complexity index is 292. The van der Waals surface area contributed by atoms with Crippen LogP contribution in [0.4, 0.5) is 0 Å². The van der Waals surface area contributed by atoms with Gasteiger partial charge in [-0.25, -0.2) is 0 Å². The molecule has 0 aliphatic heterocycles. The zero-order chi connectivity index (χ0) is 9.14. The SMILES string of the molecule is C=Cc1sccc1C(=C)C(C)C. The van der Waals surface area contributed by atoms with Crippen molar-refractivity contribution in [3.63, 3.8) is 0 Å². The Morgan fingerprint density at radius 2 is 2.25 bits per heavy atom. The van der Waals surface area contributed by atoms with Crippen LogP contribution in [0.2, 0.25) is 0 Å². The fourth-order valence-corrected chi connectivity index (χ4v) is 1.83. The molecule has 0 aliphatic rings. The smallest absolute Gasteiger partial charge is 0.0339 e. The van der Waals surface area contributed by atoms with Crippen molar-refractivity contribution in [2.75, 3.05) is 0 Å². The predicted octanol–water partition coefficient (Wildman–Crippen LogP) is 4.06. The minimum absolute atomic E-state index is 0.512. The van der Waals surface area contributed by atoms with Crippen LogP contribution >= 0.6 is 11.3 Å². The fourth-order valence-electron chi connectivity index (χ4n) is 1.06. The highest BCUT2D eigenvalue weighted by Crippen LogP contribution is 2.28. The predicted molar refractivity (Wildman–Crippen MR) is 58.3 cm³/mol. The Morgan fingerprint density at radius 3 is 2.75 bits per heavy atom. The molecule has 0 aromatic carbocycles. The second kappa shape index (κ2) is 3.72. The Balaban J connectivity index is 3.01. The Morgan fingerprint density at radius 1 is 1.58 bits per heavy atom. The molecule has 1 rings (SSSR count). The lowest BCUT2D eigenvalue weighted by Gasteiger charge is -2.08. The van der Waals surface area contributed by atoms with Crippen LogP contribution in [0.5, 0.6) is 0 Å². The molecule has 0 amide bonds. The molecule has 0 aliphatic carbocycles. The molecule has 0 bridgehead atoms. The lowest BCUT2D eigenvalue weighted by Crippen LogP contribution is -1.90. The maximum Gasteiger partial charge on any atom is 0.0339 e. The number of hydrogen-bond donors (Lipinski definition) is 0. The average molecular weight is 178 g/mol. The van der Waals surface area contributed by atoms with Gasteiger partial charge in [0.05, 0.1) is 0 Å². The topological polar surface area (TPSA) is 0 Å². The number of thiophene rings is 1. The first kappa shape index (κ1) is 9.27. The van der Waals surface area contributed by atoms with Gasteiger partial charge in [0.1, 0.15) is 0 Å². The van der Waals surface area contributed by atoms with E-state index in [2.05, 4.69) is 38.5 Å². The quantitative estimate of drug-likeness (QED) is 0.654.